The van der Waals surface area contributed by atoms with Gasteiger partial charge < -0.3 is 19.8 Å². The Morgan fingerprint density at radius 2 is 2.17 bits per heavy atom. The second kappa shape index (κ2) is 7.02. The van der Waals surface area contributed by atoms with Gasteiger partial charge in [-0.15, -0.1) is 0 Å². The van der Waals surface area contributed by atoms with E-state index in [1.165, 1.54) is 0 Å². The molecule has 0 aliphatic rings. The van der Waals surface area contributed by atoms with E-state index in [0.717, 1.165) is 5.76 Å². The zero-order chi connectivity index (χ0) is 16.1. The molecule has 2 heterocycles. The molecule has 1 aromatic carbocycles. The quantitative estimate of drug-likeness (QED) is 0.709. The average molecular weight is 331 g/mol. The van der Waals surface area contributed by atoms with Crippen molar-refractivity contribution in [2.75, 3.05) is 17.7 Å². The Morgan fingerprint density at radius 1 is 1.26 bits per heavy atom. The molecule has 6 nitrogen and oxygen atoms in total. The van der Waals surface area contributed by atoms with E-state index in [1.54, 1.807) is 43.8 Å². The van der Waals surface area contributed by atoms with Crippen molar-refractivity contribution >= 4 is 29.1 Å². The van der Waals surface area contributed by atoms with Crippen LogP contribution >= 0.6 is 11.6 Å². The number of nitrogens with one attached hydrogen (secondary N) is 2. The Morgan fingerprint density at radius 3 is 2.96 bits per heavy atom. The SMILES string of the molecule is COc1ccc(Cl)cc1Nc1nccc(NCc2ccco2)n1. The largest absolute Gasteiger partial charge is 0.495 e. The Labute approximate surface area is 138 Å². The molecule has 0 spiro atoms. The summed E-state index contributed by atoms with van der Waals surface area (Å²) in [6.45, 7) is 0.546. The standard InChI is InChI=1S/C16H15ClN4O2/c1-22-14-5-4-11(17)9-13(14)20-16-18-7-6-15(21-16)19-10-12-3-2-8-23-12/h2-9H,10H2,1H3,(H2,18,19,20,21). The van der Waals surface area contributed by atoms with Gasteiger partial charge >= 0.3 is 0 Å². The second-order valence-corrected chi connectivity index (χ2v) is 5.10. The molecule has 3 aromatic rings. The maximum Gasteiger partial charge on any atom is 0.229 e. The Balaban J connectivity index is 1.73. The summed E-state index contributed by atoms with van der Waals surface area (Å²) < 4.78 is 10.6. The number of methoxy groups -OCH3 is 1. The van der Waals surface area contributed by atoms with Crippen LogP contribution in [0.15, 0.2) is 53.3 Å². The Hall–Kier alpha value is -2.73. The third-order valence-corrected chi connectivity index (χ3v) is 3.32. The molecule has 0 fully saturated rings. The van der Waals surface area contributed by atoms with Gasteiger partial charge in [-0.3, -0.25) is 0 Å². The van der Waals surface area contributed by atoms with Crippen molar-refractivity contribution in [2.45, 2.75) is 6.54 Å². The number of rotatable bonds is 6. The summed E-state index contributed by atoms with van der Waals surface area (Å²) in [5.41, 5.74) is 0.697. The lowest BCUT2D eigenvalue weighted by atomic mass is 10.3. The number of hydrogen-bond acceptors (Lipinski definition) is 6. The fraction of sp³-hybridized carbons (Fsp3) is 0.125. The zero-order valence-electron chi connectivity index (χ0n) is 12.4. The van der Waals surface area contributed by atoms with Gasteiger partial charge in [0.1, 0.15) is 17.3 Å². The molecule has 0 aliphatic heterocycles. The molecular weight excluding hydrogens is 316 g/mol. The predicted octanol–water partition coefficient (Wildman–Crippen LogP) is 4.09. The molecule has 0 bridgehead atoms. The molecule has 23 heavy (non-hydrogen) atoms. The summed E-state index contributed by atoms with van der Waals surface area (Å²) in [6, 6.07) is 10.8. The van der Waals surface area contributed by atoms with E-state index < -0.39 is 0 Å². The van der Waals surface area contributed by atoms with E-state index >= 15 is 0 Å². The number of anilines is 3. The van der Waals surface area contributed by atoms with Gasteiger partial charge in [-0.25, -0.2) is 4.98 Å². The maximum absolute atomic E-state index is 6.02. The van der Waals surface area contributed by atoms with Crippen LogP contribution in [-0.4, -0.2) is 17.1 Å². The van der Waals surface area contributed by atoms with E-state index in [1.807, 2.05) is 12.1 Å². The van der Waals surface area contributed by atoms with Crippen LogP contribution in [0.2, 0.25) is 5.02 Å². The molecule has 0 unspecified atom stereocenters. The topological polar surface area (TPSA) is 72.2 Å². The van der Waals surface area contributed by atoms with E-state index in [9.17, 15) is 0 Å². The number of nitrogens with zero attached hydrogens (tertiary/aromatic N) is 2. The highest BCUT2D eigenvalue weighted by molar-refractivity contribution is 6.30. The highest BCUT2D eigenvalue weighted by atomic mass is 35.5. The smallest absolute Gasteiger partial charge is 0.229 e. The summed E-state index contributed by atoms with van der Waals surface area (Å²) in [4.78, 5) is 8.60. The van der Waals surface area contributed by atoms with Crippen LogP contribution in [0, 0.1) is 0 Å². The van der Waals surface area contributed by atoms with Crippen molar-refractivity contribution in [1.29, 1.82) is 0 Å². The van der Waals surface area contributed by atoms with Crippen LogP contribution in [0.1, 0.15) is 5.76 Å². The Kier molecular flexibility index (Phi) is 4.63. The number of benzene rings is 1. The third kappa shape index (κ3) is 3.92. The number of halogens is 1. The minimum absolute atomic E-state index is 0.440. The van der Waals surface area contributed by atoms with Gasteiger partial charge in [0, 0.05) is 11.2 Å². The molecule has 0 saturated carbocycles. The van der Waals surface area contributed by atoms with E-state index in [0.29, 0.717) is 34.8 Å². The normalized spacial score (nSPS) is 10.3. The molecule has 118 valence electrons. The predicted molar refractivity (Wildman–Crippen MR) is 89.4 cm³/mol. The van der Waals surface area contributed by atoms with Gasteiger partial charge in [0.2, 0.25) is 5.95 Å². The summed E-state index contributed by atoms with van der Waals surface area (Å²) in [6.07, 6.45) is 3.30. The lowest BCUT2D eigenvalue weighted by Crippen LogP contribution is -2.04. The maximum atomic E-state index is 6.02. The van der Waals surface area contributed by atoms with Gasteiger partial charge in [-0.05, 0) is 36.4 Å². The van der Waals surface area contributed by atoms with Crippen molar-refractivity contribution in [3.63, 3.8) is 0 Å². The van der Waals surface area contributed by atoms with Crippen LogP contribution in [0.5, 0.6) is 5.75 Å². The van der Waals surface area contributed by atoms with Crippen molar-refractivity contribution < 1.29 is 9.15 Å². The Bertz CT molecular complexity index is 778. The van der Waals surface area contributed by atoms with Crippen LogP contribution in [0.25, 0.3) is 0 Å². The highest BCUT2D eigenvalue weighted by Crippen LogP contribution is 2.29. The molecule has 0 saturated heterocycles. The van der Waals surface area contributed by atoms with E-state index in [-0.39, 0.29) is 0 Å². The van der Waals surface area contributed by atoms with E-state index in [4.69, 9.17) is 20.8 Å². The lowest BCUT2D eigenvalue weighted by Gasteiger charge is -2.11. The fourth-order valence-electron chi connectivity index (χ4n) is 2.01. The third-order valence-electron chi connectivity index (χ3n) is 3.09. The summed E-state index contributed by atoms with van der Waals surface area (Å²) in [7, 11) is 1.59. The fourth-order valence-corrected chi connectivity index (χ4v) is 2.18. The molecule has 2 aromatic heterocycles. The first-order valence-corrected chi connectivity index (χ1v) is 7.32. The molecule has 7 heteroatoms. The summed E-state index contributed by atoms with van der Waals surface area (Å²) >= 11 is 6.02. The summed E-state index contributed by atoms with van der Waals surface area (Å²) in [5, 5.41) is 6.87. The van der Waals surface area contributed by atoms with Gasteiger partial charge in [-0.2, -0.15) is 4.98 Å². The van der Waals surface area contributed by atoms with Gasteiger partial charge in [0.05, 0.1) is 25.6 Å². The van der Waals surface area contributed by atoms with E-state index in [2.05, 4.69) is 20.6 Å². The van der Waals surface area contributed by atoms with Crippen LogP contribution in [0.3, 0.4) is 0 Å². The van der Waals surface area contributed by atoms with Crippen molar-refractivity contribution in [3.8, 4) is 5.75 Å². The zero-order valence-corrected chi connectivity index (χ0v) is 13.2. The molecule has 2 N–H and O–H groups in total. The molecular formula is C16H15ClN4O2. The number of ether oxygens (including phenoxy) is 1. The first kappa shape index (κ1) is 15.2. The first-order valence-electron chi connectivity index (χ1n) is 6.94. The van der Waals surface area contributed by atoms with Gasteiger partial charge in [-0.1, -0.05) is 11.6 Å². The first-order chi connectivity index (χ1) is 11.2. The van der Waals surface area contributed by atoms with Crippen molar-refractivity contribution in [2.24, 2.45) is 0 Å². The van der Waals surface area contributed by atoms with Crippen LogP contribution < -0.4 is 15.4 Å². The molecule has 0 atom stereocenters. The molecule has 0 radical (unpaired) electrons. The lowest BCUT2D eigenvalue weighted by molar-refractivity contribution is 0.417. The summed E-state index contributed by atoms with van der Waals surface area (Å²) in [5.74, 6) is 2.61. The second-order valence-electron chi connectivity index (χ2n) is 4.67. The number of aromatic nitrogens is 2. The van der Waals surface area contributed by atoms with Crippen molar-refractivity contribution in [3.05, 3.63) is 59.6 Å². The molecule has 3 rings (SSSR count). The minimum atomic E-state index is 0.440. The van der Waals surface area contributed by atoms with Crippen molar-refractivity contribution in [1.82, 2.24) is 9.97 Å². The minimum Gasteiger partial charge on any atom is -0.495 e. The highest BCUT2D eigenvalue weighted by Gasteiger charge is 2.07. The van der Waals surface area contributed by atoms with Crippen LogP contribution in [-0.2, 0) is 6.54 Å². The average Bonchev–Trinajstić information content (AvgIpc) is 3.07. The molecule has 0 amide bonds. The molecule has 0 aliphatic carbocycles. The number of furan rings is 1. The van der Waals surface area contributed by atoms with Crippen LogP contribution in [0.4, 0.5) is 17.5 Å². The van der Waals surface area contributed by atoms with Gasteiger partial charge in [0.15, 0.2) is 0 Å². The van der Waals surface area contributed by atoms with Gasteiger partial charge in [0.25, 0.3) is 0 Å². The monoisotopic (exact) mass is 330 g/mol. The number of hydrogen-bond donors (Lipinski definition) is 2.